The molecule has 1 rings (SSSR count). The van der Waals surface area contributed by atoms with E-state index >= 15 is 0 Å². The monoisotopic (exact) mass is 253 g/mol. The minimum atomic E-state index is -1.18. The molecular weight excluding hydrogens is 237 g/mol. The van der Waals surface area contributed by atoms with E-state index in [1.165, 1.54) is 26.0 Å². The van der Waals surface area contributed by atoms with Crippen molar-refractivity contribution in [1.29, 1.82) is 0 Å². The van der Waals surface area contributed by atoms with Crippen LogP contribution in [0, 0.1) is 18.2 Å². The van der Waals surface area contributed by atoms with Crippen molar-refractivity contribution in [2.75, 3.05) is 5.32 Å². The van der Waals surface area contributed by atoms with Gasteiger partial charge in [0.05, 0.1) is 11.1 Å². The number of benzene rings is 1. The number of halogens is 1. The SMILES string of the molecule is Cc1ccc(NC(=O)CC(C)(C)C(=O)O)c(F)c1. The van der Waals surface area contributed by atoms with E-state index in [0.29, 0.717) is 0 Å². The third-order valence-corrected chi connectivity index (χ3v) is 2.58. The fourth-order valence-corrected chi connectivity index (χ4v) is 1.39. The largest absolute Gasteiger partial charge is 0.481 e. The first kappa shape index (κ1) is 14.2. The molecule has 0 unspecified atom stereocenters. The van der Waals surface area contributed by atoms with Crippen LogP contribution >= 0.6 is 0 Å². The molecular formula is C13H16FNO3. The molecule has 0 spiro atoms. The van der Waals surface area contributed by atoms with Gasteiger partial charge in [-0.25, -0.2) is 4.39 Å². The topological polar surface area (TPSA) is 66.4 Å². The maximum Gasteiger partial charge on any atom is 0.309 e. The van der Waals surface area contributed by atoms with Crippen LogP contribution in [0.2, 0.25) is 0 Å². The van der Waals surface area contributed by atoms with E-state index in [1.807, 2.05) is 0 Å². The zero-order valence-corrected chi connectivity index (χ0v) is 10.6. The first-order valence-corrected chi connectivity index (χ1v) is 5.52. The lowest BCUT2D eigenvalue weighted by atomic mass is 9.89. The van der Waals surface area contributed by atoms with Crippen molar-refractivity contribution in [3.63, 3.8) is 0 Å². The van der Waals surface area contributed by atoms with Gasteiger partial charge in [-0.2, -0.15) is 0 Å². The predicted molar refractivity (Wildman–Crippen MR) is 65.8 cm³/mol. The lowest BCUT2D eigenvalue weighted by molar-refractivity contribution is -0.148. The predicted octanol–water partition coefficient (Wildman–Crippen LogP) is 2.57. The van der Waals surface area contributed by atoms with Crippen LogP contribution in [0.1, 0.15) is 25.8 Å². The molecule has 0 aliphatic heterocycles. The van der Waals surface area contributed by atoms with Crippen molar-refractivity contribution in [1.82, 2.24) is 0 Å². The highest BCUT2D eigenvalue weighted by atomic mass is 19.1. The zero-order valence-electron chi connectivity index (χ0n) is 10.6. The van der Waals surface area contributed by atoms with Crippen molar-refractivity contribution in [2.45, 2.75) is 27.2 Å². The number of carboxylic acids is 1. The molecule has 5 heteroatoms. The van der Waals surface area contributed by atoms with Crippen molar-refractivity contribution in [3.05, 3.63) is 29.6 Å². The fraction of sp³-hybridized carbons (Fsp3) is 0.385. The number of aliphatic carboxylic acids is 1. The average molecular weight is 253 g/mol. The van der Waals surface area contributed by atoms with E-state index in [4.69, 9.17) is 5.11 Å². The van der Waals surface area contributed by atoms with E-state index in [9.17, 15) is 14.0 Å². The molecule has 1 aromatic rings. The number of aryl methyl sites for hydroxylation is 1. The summed E-state index contributed by atoms with van der Waals surface area (Å²) in [6, 6.07) is 4.43. The van der Waals surface area contributed by atoms with E-state index in [0.717, 1.165) is 5.56 Å². The Morgan fingerprint density at radius 3 is 2.50 bits per heavy atom. The van der Waals surface area contributed by atoms with Crippen molar-refractivity contribution < 1.29 is 19.1 Å². The molecule has 0 saturated heterocycles. The molecule has 98 valence electrons. The van der Waals surface area contributed by atoms with Crippen molar-refractivity contribution in [2.24, 2.45) is 5.41 Å². The smallest absolute Gasteiger partial charge is 0.309 e. The summed E-state index contributed by atoms with van der Waals surface area (Å²) in [5, 5.41) is 11.3. The van der Waals surface area contributed by atoms with Crippen LogP contribution in [0.4, 0.5) is 10.1 Å². The third-order valence-electron chi connectivity index (χ3n) is 2.58. The molecule has 1 aromatic carbocycles. The summed E-state index contributed by atoms with van der Waals surface area (Å²) in [6.45, 7) is 4.63. The first-order valence-electron chi connectivity index (χ1n) is 5.52. The second-order valence-electron chi connectivity index (χ2n) is 4.90. The number of carbonyl (C=O) groups is 2. The van der Waals surface area contributed by atoms with Crippen molar-refractivity contribution in [3.8, 4) is 0 Å². The van der Waals surface area contributed by atoms with Crippen LogP contribution in [0.25, 0.3) is 0 Å². The Balaban J connectivity index is 2.74. The van der Waals surface area contributed by atoms with Gasteiger partial charge in [0.15, 0.2) is 0 Å². The van der Waals surface area contributed by atoms with Crippen molar-refractivity contribution >= 4 is 17.6 Å². The number of rotatable bonds is 4. The third kappa shape index (κ3) is 3.55. The summed E-state index contributed by atoms with van der Waals surface area (Å²) in [7, 11) is 0. The van der Waals surface area contributed by atoms with Gasteiger partial charge >= 0.3 is 5.97 Å². The molecule has 1 amide bonds. The summed E-state index contributed by atoms with van der Waals surface area (Å²) < 4.78 is 13.5. The molecule has 18 heavy (non-hydrogen) atoms. The standard InChI is InChI=1S/C13H16FNO3/c1-8-4-5-10(9(14)6-8)15-11(16)7-13(2,3)12(17)18/h4-6H,7H2,1-3H3,(H,15,16)(H,17,18). The molecule has 0 saturated carbocycles. The quantitative estimate of drug-likeness (QED) is 0.866. The van der Waals surface area contributed by atoms with E-state index in [2.05, 4.69) is 5.32 Å². The molecule has 4 nitrogen and oxygen atoms in total. The molecule has 0 aliphatic rings. The molecule has 0 aromatic heterocycles. The van der Waals surface area contributed by atoms with Crippen LogP contribution in [-0.4, -0.2) is 17.0 Å². The van der Waals surface area contributed by atoms with Gasteiger partial charge in [0, 0.05) is 6.42 Å². The number of anilines is 1. The molecule has 0 fully saturated rings. The average Bonchev–Trinajstić information content (AvgIpc) is 2.21. The molecule has 2 N–H and O–H groups in total. The van der Waals surface area contributed by atoms with Gasteiger partial charge in [-0.15, -0.1) is 0 Å². The Bertz CT molecular complexity index is 483. The summed E-state index contributed by atoms with van der Waals surface area (Å²) in [5.41, 5.74) is -0.367. The fourth-order valence-electron chi connectivity index (χ4n) is 1.39. The van der Waals surface area contributed by atoms with E-state index in [-0.39, 0.29) is 12.1 Å². The highest BCUT2D eigenvalue weighted by Gasteiger charge is 2.30. The van der Waals surface area contributed by atoms with Crippen LogP contribution in [-0.2, 0) is 9.59 Å². The second kappa shape index (κ2) is 5.16. The zero-order chi connectivity index (χ0) is 13.9. The molecule has 0 radical (unpaired) electrons. The van der Waals surface area contributed by atoms with Gasteiger partial charge < -0.3 is 10.4 Å². The molecule has 0 bridgehead atoms. The van der Waals surface area contributed by atoms with Crippen LogP contribution < -0.4 is 5.32 Å². The van der Waals surface area contributed by atoms with Gasteiger partial charge in [-0.05, 0) is 38.5 Å². The van der Waals surface area contributed by atoms with E-state index in [1.54, 1.807) is 13.0 Å². The Morgan fingerprint density at radius 1 is 1.39 bits per heavy atom. The number of carbonyl (C=O) groups excluding carboxylic acids is 1. The highest BCUT2D eigenvalue weighted by molar-refractivity contribution is 5.94. The van der Waals surface area contributed by atoms with Crippen LogP contribution in [0.15, 0.2) is 18.2 Å². The lowest BCUT2D eigenvalue weighted by Crippen LogP contribution is -2.29. The maximum absolute atomic E-state index is 13.5. The van der Waals surface area contributed by atoms with E-state index < -0.39 is 23.1 Å². The number of hydrogen-bond donors (Lipinski definition) is 2. The minimum Gasteiger partial charge on any atom is -0.481 e. The second-order valence-corrected chi connectivity index (χ2v) is 4.90. The minimum absolute atomic E-state index is 0.0618. The van der Waals surface area contributed by atoms with Gasteiger partial charge in [0.25, 0.3) is 0 Å². The lowest BCUT2D eigenvalue weighted by Gasteiger charge is -2.18. The number of nitrogens with one attached hydrogen (secondary N) is 1. The van der Waals surface area contributed by atoms with Crippen LogP contribution in [0.3, 0.4) is 0 Å². The number of amides is 1. The Labute approximate surface area is 105 Å². The Hall–Kier alpha value is -1.91. The molecule has 0 atom stereocenters. The molecule has 0 aliphatic carbocycles. The summed E-state index contributed by atoms with van der Waals surface area (Å²) >= 11 is 0. The number of hydrogen-bond acceptors (Lipinski definition) is 2. The Kier molecular flexibility index (Phi) is 4.06. The number of carboxylic acid groups (broad SMARTS) is 1. The maximum atomic E-state index is 13.5. The summed E-state index contributed by atoms with van der Waals surface area (Å²) in [6.07, 6.45) is -0.213. The first-order chi connectivity index (χ1) is 8.22. The Morgan fingerprint density at radius 2 is 2.00 bits per heavy atom. The summed E-state index contributed by atoms with van der Waals surface area (Å²) in [4.78, 5) is 22.5. The van der Waals surface area contributed by atoms with Crippen LogP contribution in [0.5, 0.6) is 0 Å². The van der Waals surface area contributed by atoms with Gasteiger partial charge in [-0.1, -0.05) is 6.07 Å². The van der Waals surface area contributed by atoms with Gasteiger partial charge in [0.2, 0.25) is 5.91 Å². The van der Waals surface area contributed by atoms with Gasteiger partial charge in [0.1, 0.15) is 5.82 Å². The highest BCUT2D eigenvalue weighted by Crippen LogP contribution is 2.22. The van der Waals surface area contributed by atoms with Gasteiger partial charge in [-0.3, -0.25) is 9.59 Å². The normalized spacial score (nSPS) is 11.1. The molecule has 0 heterocycles. The summed E-state index contributed by atoms with van der Waals surface area (Å²) in [5.74, 6) is -2.12.